The van der Waals surface area contributed by atoms with E-state index in [1.807, 2.05) is 0 Å². The minimum absolute atomic E-state index is 0.378. The van der Waals surface area contributed by atoms with Gasteiger partial charge in [0.05, 0.1) is 0 Å². The fourth-order valence-electron chi connectivity index (χ4n) is 12.6. The van der Waals surface area contributed by atoms with Crippen LogP contribution < -0.4 is 0 Å². The zero-order chi connectivity index (χ0) is 51.4. The molecule has 9 aromatic carbocycles. The van der Waals surface area contributed by atoms with E-state index < -0.39 is 0 Å². The van der Waals surface area contributed by atoms with E-state index in [0.29, 0.717) is 47.3 Å². The number of benzene rings is 9. The number of fused-ring (bicyclic) bond motifs is 2. The van der Waals surface area contributed by atoms with Crippen molar-refractivity contribution >= 4 is 43.1 Å². The Labute approximate surface area is 435 Å². The summed E-state index contributed by atoms with van der Waals surface area (Å²) in [5.74, 6) is 3.23. The lowest BCUT2D eigenvalue weighted by Crippen LogP contribution is -2.03. The van der Waals surface area contributed by atoms with Crippen LogP contribution in [0.1, 0.15) is 228 Å². The summed E-state index contributed by atoms with van der Waals surface area (Å²) in [5, 5.41) is 10.9. The van der Waals surface area contributed by atoms with Gasteiger partial charge >= 0.3 is 0 Å². The molecule has 0 radical (unpaired) electrons. The molecule has 72 heavy (non-hydrogen) atoms. The van der Waals surface area contributed by atoms with Crippen LogP contribution in [-0.4, -0.2) is 0 Å². The maximum absolute atomic E-state index is 2.62. The molecule has 0 N–H and O–H groups in total. The van der Waals surface area contributed by atoms with E-state index >= 15 is 0 Å². The Morgan fingerprint density at radius 1 is 0.264 bits per heavy atom. The van der Waals surface area contributed by atoms with Crippen LogP contribution in [0.4, 0.5) is 0 Å². The molecule has 0 fully saturated rings. The summed E-state index contributed by atoms with van der Waals surface area (Å²) < 4.78 is 0. The average Bonchev–Trinajstić information content (AvgIpc) is 3.39. The van der Waals surface area contributed by atoms with Crippen LogP contribution in [0.15, 0.2) is 121 Å². The second kappa shape index (κ2) is 20.7. The lowest BCUT2D eigenvalue weighted by molar-refractivity contribution is 0.731. The van der Waals surface area contributed by atoms with Gasteiger partial charge in [0.2, 0.25) is 0 Å². The lowest BCUT2D eigenvalue weighted by atomic mass is 9.78. The molecule has 0 saturated carbocycles. The summed E-state index contributed by atoms with van der Waals surface area (Å²) in [6.07, 6.45) is 4.38. The predicted octanol–water partition coefficient (Wildman–Crippen LogP) is 23.0. The first-order valence-electron chi connectivity index (χ1n) is 28.3. The normalized spacial score (nSPS) is 14.1. The van der Waals surface area contributed by atoms with Crippen molar-refractivity contribution in [3.05, 3.63) is 166 Å². The zero-order valence-corrected chi connectivity index (χ0v) is 47.0. The third kappa shape index (κ3) is 8.88. The quantitative estimate of drug-likeness (QED) is 0.0669. The van der Waals surface area contributed by atoms with Gasteiger partial charge in [-0.25, -0.2) is 0 Å². The largest absolute Gasteiger partial charge is 0.0648 e. The van der Waals surface area contributed by atoms with E-state index in [2.05, 4.69) is 232 Å². The summed E-state index contributed by atoms with van der Waals surface area (Å²) in [6, 6.07) is 49.4. The molecule has 0 heterocycles. The van der Waals surface area contributed by atoms with E-state index in [-0.39, 0.29) is 0 Å². The maximum Gasteiger partial charge on any atom is -0.00255 e. The Balaban J connectivity index is 1.57. The topological polar surface area (TPSA) is 0 Å². The minimum Gasteiger partial charge on any atom is -0.0648 e. The third-order valence-electron chi connectivity index (χ3n) is 17.4. The van der Waals surface area contributed by atoms with Crippen molar-refractivity contribution in [3.63, 3.8) is 0 Å². The van der Waals surface area contributed by atoms with Gasteiger partial charge in [-0.05, 0) is 254 Å². The van der Waals surface area contributed by atoms with E-state index in [0.717, 1.165) is 25.7 Å². The van der Waals surface area contributed by atoms with E-state index in [1.54, 1.807) is 0 Å². The molecule has 4 atom stereocenters. The van der Waals surface area contributed by atoms with Crippen LogP contribution in [0.3, 0.4) is 0 Å². The fourth-order valence-corrected chi connectivity index (χ4v) is 12.6. The number of hydrogen-bond acceptors (Lipinski definition) is 0. The molecule has 0 heteroatoms. The molecule has 0 spiro atoms. The van der Waals surface area contributed by atoms with Crippen LogP contribution in [0.5, 0.6) is 0 Å². The van der Waals surface area contributed by atoms with Crippen molar-refractivity contribution in [2.75, 3.05) is 0 Å². The smallest absolute Gasteiger partial charge is 0.00255 e. The Hall–Kier alpha value is -5.72. The van der Waals surface area contributed by atoms with Gasteiger partial charge in [-0.15, -0.1) is 0 Å². The molecule has 0 aliphatic carbocycles. The van der Waals surface area contributed by atoms with Gasteiger partial charge in [-0.1, -0.05) is 184 Å². The zero-order valence-electron chi connectivity index (χ0n) is 47.0. The molecular weight excluding hydrogens is 865 g/mol. The monoisotopic (exact) mass is 949 g/mol. The van der Waals surface area contributed by atoms with Crippen LogP contribution in [0.25, 0.3) is 87.6 Å². The molecule has 9 rings (SSSR count). The highest BCUT2D eigenvalue weighted by atomic mass is 14.3. The molecule has 0 saturated heterocycles. The lowest BCUT2D eigenvalue weighted by Gasteiger charge is -2.26. The van der Waals surface area contributed by atoms with Crippen molar-refractivity contribution in [3.8, 4) is 44.5 Å². The molecular formula is C72H84. The summed E-state index contributed by atoms with van der Waals surface area (Å²) >= 11 is 0. The van der Waals surface area contributed by atoms with Crippen molar-refractivity contribution in [2.45, 2.75) is 184 Å². The van der Waals surface area contributed by atoms with Gasteiger partial charge in [-0.3, -0.25) is 0 Å². The summed E-state index contributed by atoms with van der Waals surface area (Å²) in [5.41, 5.74) is 22.6. The van der Waals surface area contributed by atoms with Crippen LogP contribution >= 0.6 is 0 Å². The molecule has 4 unspecified atom stereocenters. The van der Waals surface area contributed by atoms with E-state index in [1.165, 1.54) is 132 Å². The van der Waals surface area contributed by atoms with Crippen LogP contribution in [-0.2, 0) is 0 Å². The highest BCUT2D eigenvalue weighted by molar-refractivity contribution is 6.35. The predicted molar refractivity (Wildman–Crippen MR) is 321 cm³/mol. The van der Waals surface area contributed by atoms with E-state index in [4.69, 9.17) is 0 Å². The molecule has 0 aliphatic rings. The molecule has 0 bridgehead atoms. The van der Waals surface area contributed by atoms with Crippen molar-refractivity contribution in [1.82, 2.24) is 0 Å². The summed E-state index contributed by atoms with van der Waals surface area (Å²) in [4.78, 5) is 0. The molecule has 0 aliphatic heterocycles. The Bertz CT molecular complexity index is 2970. The highest BCUT2D eigenvalue weighted by Crippen LogP contribution is 2.51. The summed E-state index contributed by atoms with van der Waals surface area (Å²) in [7, 11) is 0. The van der Waals surface area contributed by atoms with Crippen molar-refractivity contribution in [2.24, 2.45) is 0 Å². The first kappa shape index (κ1) is 51.2. The molecule has 372 valence electrons. The molecule has 0 amide bonds. The van der Waals surface area contributed by atoms with Crippen LogP contribution in [0, 0.1) is 0 Å². The SMILES string of the molecule is CCC(C)c1cccc(C(C)C)c1-c1cc2cc(-c3c(C(C)C)cccc3C(C)CC)cc3c4cc(-c5c(C(C)C)cccc5C(C)CC)cc5cc(-c6c(C(C)C)cccc6C(C)CC)cc(c(c1)c23)c54. The standard InChI is InChI=1S/C72H84/c1-17-45(13)59-29-21-25-55(41(5)6)67(59)51-33-49-34-52(68-56(42(7)8)26-22-30-60(68)46(14)18-2)39-65-66-40-54(70-58(44(11)12)28-24-32-62(70)48(16)20-4)36-50-35-53(38-64(72(50)66)63(37-51)71(49)65)69-57(43(9)10)27-23-31-61(69)47(15)19-3/h21-48H,17-20H2,1-16H3. The fraction of sp³-hybridized carbons (Fsp3) is 0.389. The second-order valence-corrected chi connectivity index (χ2v) is 23.4. The van der Waals surface area contributed by atoms with Gasteiger partial charge < -0.3 is 0 Å². The van der Waals surface area contributed by atoms with Gasteiger partial charge in [-0.2, -0.15) is 0 Å². The van der Waals surface area contributed by atoms with Gasteiger partial charge in [0.15, 0.2) is 0 Å². The number of rotatable bonds is 16. The van der Waals surface area contributed by atoms with Gasteiger partial charge in [0.1, 0.15) is 0 Å². The first-order valence-corrected chi connectivity index (χ1v) is 28.3. The molecule has 0 aromatic heterocycles. The Morgan fingerprint density at radius 2 is 0.458 bits per heavy atom. The highest BCUT2D eigenvalue weighted by Gasteiger charge is 2.27. The van der Waals surface area contributed by atoms with Gasteiger partial charge in [0, 0.05) is 0 Å². The molecule has 0 nitrogen and oxygen atoms in total. The third-order valence-corrected chi connectivity index (χ3v) is 17.4. The first-order chi connectivity index (χ1) is 34.5. The average molecular weight is 949 g/mol. The van der Waals surface area contributed by atoms with E-state index in [9.17, 15) is 0 Å². The summed E-state index contributed by atoms with van der Waals surface area (Å²) in [6.45, 7) is 38.1. The van der Waals surface area contributed by atoms with Crippen molar-refractivity contribution in [1.29, 1.82) is 0 Å². The number of hydrogen-bond donors (Lipinski definition) is 0. The van der Waals surface area contributed by atoms with Gasteiger partial charge in [0.25, 0.3) is 0 Å². The second-order valence-electron chi connectivity index (χ2n) is 23.4. The van der Waals surface area contributed by atoms with Crippen LogP contribution in [0.2, 0.25) is 0 Å². The Kier molecular flexibility index (Phi) is 14.7. The Morgan fingerprint density at radius 3 is 0.639 bits per heavy atom. The maximum atomic E-state index is 2.62. The van der Waals surface area contributed by atoms with Crippen molar-refractivity contribution < 1.29 is 0 Å². The minimum atomic E-state index is 0.378. The molecule has 9 aromatic rings.